The Morgan fingerprint density at radius 3 is 2.65 bits per heavy atom. The van der Waals surface area contributed by atoms with Crippen LogP contribution in [0.5, 0.6) is 0 Å². The monoisotopic (exact) mass is 338 g/mol. The van der Waals surface area contributed by atoms with E-state index in [0.29, 0.717) is 16.7 Å². The molecule has 0 N–H and O–H groups in total. The lowest BCUT2D eigenvalue weighted by atomic mass is 10.1. The van der Waals surface area contributed by atoms with Gasteiger partial charge in [-0.15, -0.1) is 0 Å². The molecule has 0 heterocycles. The van der Waals surface area contributed by atoms with E-state index in [0.717, 1.165) is 5.56 Å². The second-order valence-electron chi connectivity index (χ2n) is 4.25. The van der Waals surface area contributed by atoms with Gasteiger partial charge in [-0.2, -0.15) is 0 Å². The van der Waals surface area contributed by atoms with Gasteiger partial charge in [0.05, 0.1) is 4.92 Å². The van der Waals surface area contributed by atoms with Crippen molar-refractivity contribution in [2.24, 2.45) is 0 Å². The molecule has 0 aliphatic rings. The summed E-state index contributed by atoms with van der Waals surface area (Å²) in [5.74, 6) is -0.380. The highest BCUT2D eigenvalue weighted by atomic mass is 79.9. The number of halogens is 2. The summed E-state index contributed by atoms with van der Waals surface area (Å²) in [6, 6.07) is 10.9. The van der Waals surface area contributed by atoms with Gasteiger partial charge in [-0.25, -0.2) is 4.39 Å². The van der Waals surface area contributed by atoms with Crippen molar-refractivity contribution in [3.05, 3.63) is 64.0 Å². The minimum Gasteiger partial charge on any atom is -0.339 e. The normalized spacial score (nSPS) is 10.3. The van der Waals surface area contributed by atoms with Crippen LogP contribution in [0.3, 0.4) is 0 Å². The number of rotatable bonds is 4. The first-order valence-corrected chi connectivity index (χ1v) is 6.97. The molecule has 0 aromatic heterocycles. The van der Waals surface area contributed by atoms with Gasteiger partial charge in [0.15, 0.2) is 0 Å². The molecule has 0 aliphatic heterocycles. The summed E-state index contributed by atoms with van der Waals surface area (Å²) in [7, 11) is 1.67. The topological polar surface area (TPSA) is 46.4 Å². The molecule has 20 heavy (non-hydrogen) atoms. The van der Waals surface area contributed by atoms with Gasteiger partial charge >= 0.3 is 0 Å². The van der Waals surface area contributed by atoms with E-state index < -0.39 is 4.92 Å². The second kappa shape index (κ2) is 6.00. The Kier molecular flexibility index (Phi) is 4.34. The lowest BCUT2D eigenvalue weighted by molar-refractivity contribution is -0.384. The first-order valence-electron chi connectivity index (χ1n) is 5.85. The van der Waals surface area contributed by atoms with E-state index in [1.807, 2.05) is 0 Å². The van der Waals surface area contributed by atoms with Gasteiger partial charge in [0.25, 0.3) is 5.69 Å². The van der Waals surface area contributed by atoms with Crippen LogP contribution in [0.4, 0.5) is 21.5 Å². The molecule has 4 nitrogen and oxygen atoms in total. The molecular formula is C14H12BrFN2O2. The molecule has 0 atom stereocenters. The molecule has 0 fully saturated rings. The molecule has 0 bridgehead atoms. The van der Waals surface area contributed by atoms with Crippen molar-refractivity contribution in [2.75, 3.05) is 11.9 Å². The number of nitro benzene ring substituents is 1. The highest BCUT2D eigenvalue weighted by Crippen LogP contribution is 2.33. The molecule has 0 radical (unpaired) electrons. The number of nitrogens with zero attached hydrogens (tertiary/aromatic N) is 2. The quantitative estimate of drug-likeness (QED) is 0.471. The van der Waals surface area contributed by atoms with Crippen molar-refractivity contribution in [2.45, 2.75) is 5.33 Å². The van der Waals surface area contributed by atoms with Gasteiger partial charge in [-0.1, -0.05) is 28.1 Å². The van der Waals surface area contributed by atoms with Gasteiger partial charge in [0, 0.05) is 24.1 Å². The number of hydrogen-bond acceptors (Lipinski definition) is 3. The Balaban J connectivity index is 2.48. The maximum absolute atomic E-state index is 13.3. The van der Waals surface area contributed by atoms with Crippen LogP contribution < -0.4 is 4.90 Å². The summed E-state index contributed by atoms with van der Waals surface area (Å²) in [6.07, 6.45) is 0. The molecule has 104 valence electrons. The van der Waals surface area contributed by atoms with Crippen LogP contribution >= 0.6 is 15.9 Å². The standard InChI is InChI=1S/C14H12BrFN2O2/c1-17(12-4-2-3-11(16)8-12)13-6-5-10(9-15)7-14(13)18(19)20/h2-8H,9H2,1H3. The summed E-state index contributed by atoms with van der Waals surface area (Å²) in [4.78, 5) is 12.3. The van der Waals surface area contributed by atoms with Crippen LogP contribution in [0.1, 0.15) is 5.56 Å². The van der Waals surface area contributed by atoms with Gasteiger partial charge < -0.3 is 4.90 Å². The predicted octanol–water partition coefficient (Wildman–Crippen LogP) is 4.40. The van der Waals surface area contributed by atoms with E-state index in [1.54, 1.807) is 36.2 Å². The third-order valence-corrected chi connectivity index (χ3v) is 3.60. The fourth-order valence-corrected chi connectivity index (χ4v) is 2.25. The van der Waals surface area contributed by atoms with Crippen molar-refractivity contribution in [1.82, 2.24) is 0 Å². The molecule has 0 spiro atoms. The van der Waals surface area contributed by atoms with Crippen LogP contribution in [0.2, 0.25) is 0 Å². The van der Waals surface area contributed by atoms with E-state index >= 15 is 0 Å². The zero-order valence-electron chi connectivity index (χ0n) is 10.7. The van der Waals surface area contributed by atoms with Crippen LogP contribution in [-0.4, -0.2) is 12.0 Å². The summed E-state index contributed by atoms with van der Waals surface area (Å²) < 4.78 is 13.3. The van der Waals surface area contributed by atoms with Crippen molar-refractivity contribution < 1.29 is 9.31 Å². The third kappa shape index (κ3) is 2.96. The summed E-state index contributed by atoms with van der Waals surface area (Å²) in [6.45, 7) is 0. The van der Waals surface area contributed by atoms with E-state index in [4.69, 9.17) is 0 Å². The van der Waals surface area contributed by atoms with Crippen molar-refractivity contribution in [1.29, 1.82) is 0 Å². The molecule has 0 amide bonds. The van der Waals surface area contributed by atoms with Crippen molar-refractivity contribution >= 4 is 33.0 Å². The minimum atomic E-state index is -0.433. The molecule has 2 aromatic rings. The highest BCUT2D eigenvalue weighted by Gasteiger charge is 2.18. The number of alkyl halides is 1. The average molecular weight is 339 g/mol. The number of nitro groups is 1. The zero-order valence-corrected chi connectivity index (χ0v) is 12.3. The number of benzene rings is 2. The molecule has 0 unspecified atom stereocenters. The van der Waals surface area contributed by atoms with Gasteiger partial charge in [0.1, 0.15) is 11.5 Å². The Labute approximate surface area is 124 Å². The smallest absolute Gasteiger partial charge is 0.293 e. The van der Waals surface area contributed by atoms with Crippen LogP contribution in [-0.2, 0) is 5.33 Å². The van der Waals surface area contributed by atoms with Crippen LogP contribution in [0, 0.1) is 15.9 Å². The lowest BCUT2D eigenvalue weighted by Gasteiger charge is -2.19. The Morgan fingerprint density at radius 2 is 2.05 bits per heavy atom. The first-order chi connectivity index (χ1) is 9.52. The Hall–Kier alpha value is -1.95. The molecule has 2 aromatic carbocycles. The average Bonchev–Trinajstić information content (AvgIpc) is 2.45. The fraction of sp³-hybridized carbons (Fsp3) is 0.143. The molecular weight excluding hydrogens is 327 g/mol. The van der Waals surface area contributed by atoms with E-state index in [1.165, 1.54) is 18.2 Å². The van der Waals surface area contributed by atoms with Crippen molar-refractivity contribution in [3.63, 3.8) is 0 Å². The molecule has 6 heteroatoms. The second-order valence-corrected chi connectivity index (χ2v) is 4.81. The lowest BCUT2D eigenvalue weighted by Crippen LogP contribution is -2.12. The van der Waals surface area contributed by atoms with E-state index in [2.05, 4.69) is 15.9 Å². The zero-order chi connectivity index (χ0) is 14.7. The fourth-order valence-electron chi connectivity index (χ4n) is 1.91. The molecule has 0 saturated heterocycles. The van der Waals surface area contributed by atoms with Crippen molar-refractivity contribution in [3.8, 4) is 0 Å². The minimum absolute atomic E-state index is 0.00582. The summed E-state index contributed by atoms with van der Waals surface area (Å²) in [5.41, 5.74) is 1.78. The highest BCUT2D eigenvalue weighted by molar-refractivity contribution is 9.08. The molecule has 0 aliphatic carbocycles. The molecule has 0 saturated carbocycles. The van der Waals surface area contributed by atoms with Crippen LogP contribution in [0.25, 0.3) is 0 Å². The Morgan fingerprint density at radius 1 is 1.30 bits per heavy atom. The number of hydrogen-bond donors (Lipinski definition) is 0. The predicted molar refractivity (Wildman–Crippen MR) is 80.2 cm³/mol. The largest absolute Gasteiger partial charge is 0.339 e. The maximum atomic E-state index is 13.3. The third-order valence-electron chi connectivity index (χ3n) is 2.95. The van der Waals surface area contributed by atoms with E-state index in [9.17, 15) is 14.5 Å². The summed E-state index contributed by atoms with van der Waals surface area (Å²) in [5, 5.41) is 11.7. The number of anilines is 2. The molecule has 2 rings (SSSR count). The Bertz CT molecular complexity index is 649. The van der Waals surface area contributed by atoms with Crippen LogP contribution in [0.15, 0.2) is 42.5 Å². The SMILES string of the molecule is CN(c1cccc(F)c1)c1ccc(CBr)cc1[N+](=O)[O-]. The van der Waals surface area contributed by atoms with Gasteiger partial charge in [0.2, 0.25) is 0 Å². The van der Waals surface area contributed by atoms with Gasteiger partial charge in [-0.05, 0) is 29.8 Å². The maximum Gasteiger partial charge on any atom is 0.293 e. The van der Waals surface area contributed by atoms with Gasteiger partial charge in [-0.3, -0.25) is 10.1 Å². The first kappa shape index (κ1) is 14.5. The van der Waals surface area contributed by atoms with E-state index in [-0.39, 0.29) is 11.5 Å². The summed E-state index contributed by atoms with van der Waals surface area (Å²) >= 11 is 3.27.